The van der Waals surface area contributed by atoms with Crippen LogP contribution >= 0.6 is 15.9 Å². The van der Waals surface area contributed by atoms with Crippen molar-refractivity contribution >= 4 is 45.2 Å². The summed E-state index contributed by atoms with van der Waals surface area (Å²) in [6, 6.07) is 16.1. The predicted molar refractivity (Wildman–Crippen MR) is 122 cm³/mol. The van der Waals surface area contributed by atoms with Crippen molar-refractivity contribution in [2.75, 3.05) is 5.32 Å². The van der Waals surface area contributed by atoms with Crippen molar-refractivity contribution in [2.24, 2.45) is 0 Å². The quantitative estimate of drug-likeness (QED) is 0.277. The minimum Gasteiger partial charge on any atom is -0.321 e. The molecule has 7 nitrogen and oxygen atoms in total. The number of benzene rings is 3. The summed E-state index contributed by atoms with van der Waals surface area (Å²) in [6.45, 7) is 1.85. The van der Waals surface area contributed by atoms with E-state index in [1.54, 1.807) is 24.3 Å². The first-order valence-electron chi connectivity index (χ1n) is 9.34. The molecule has 162 valence electrons. The molecule has 0 radical (unpaired) electrons. The minimum absolute atomic E-state index is 0.178. The topological polar surface area (TPSA) is 101 Å². The van der Waals surface area contributed by atoms with Gasteiger partial charge >= 0.3 is 0 Å². The van der Waals surface area contributed by atoms with Gasteiger partial charge in [0.25, 0.3) is 17.5 Å². The maximum absolute atomic E-state index is 14.0. The van der Waals surface area contributed by atoms with E-state index in [2.05, 4.69) is 26.6 Å². The van der Waals surface area contributed by atoms with Crippen LogP contribution in [0.15, 0.2) is 76.9 Å². The van der Waals surface area contributed by atoms with Gasteiger partial charge in [-0.1, -0.05) is 40.2 Å². The van der Waals surface area contributed by atoms with E-state index >= 15 is 0 Å². The second kappa shape index (κ2) is 9.97. The maximum atomic E-state index is 14.0. The van der Waals surface area contributed by atoms with Crippen LogP contribution in [0.25, 0.3) is 6.08 Å². The van der Waals surface area contributed by atoms with Crippen molar-refractivity contribution < 1.29 is 18.9 Å². The van der Waals surface area contributed by atoms with Crippen LogP contribution in [0.5, 0.6) is 0 Å². The average molecular weight is 498 g/mol. The van der Waals surface area contributed by atoms with Gasteiger partial charge in [0.05, 0.1) is 10.5 Å². The van der Waals surface area contributed by atoms with Crippen molar-refractivity contribution in [3.8, 4) is 0 Å². The number of nitrogens with zero attached hydrogens (tertiary/aromatic N) is 1. The van der Waals surface area contributed by atoms with Crippen LogP contribution in [-0.4, -0.2) is 16.7 Å². The Bertz CT molecular complexity index is 1240. The fraction of sp³-hybridized carbons (Fsp3) is 0.0435. The van der Waals surface area contributed by atoms with E-state index < -0.39 is 22.6 Å². The molecule has 9 heteroatoms. The van der Waals surface area contributed by atoms with Gasteiger partial charge in [-0.25, -0.2) is 4.39 Å². The Hall–Kier alpha value is -3.85. The minimum atomic E-state index is -0.832. The summed E-state index contributed by atoms with van der Waals surface area (Å²) >= 11 is 3.38. The van der Waals surface area contributed by atoms with Gasteiger partial charge < -0.3 is 10.6 Å². The highest BCUT2D eigenvalue weighted by Gasteiger charge is 2.18. The number of carbonyl (C=O) groups is 2. The van der Waals surface area contributed by atoms with Crippen molar-refractivity contribution in [3.05, 3.63) is 110 Å². The SMILES string of the molecule is Cc1cc(NC(=O)C(=Cc2cccc([N+](=O)[O-])c2)NC(=O)c2ccccc2F)ccc1Br. The second-order valence-electron chi connectivity index (χ2n) is 6.76. The Morgan fingerprint density at radius 1 is 1.06 bits per heavy atom. The third kappa shape index (κ3) is 5.64. The number of rotatable bonds is 6. The van der Waals surface area contributed by atoms with E-state index in [1.165, 1.54) is 42.5 Å². The Morgan fingerprint density at radius 2 is 1.81 bits per heavy atom. The van der Waals surface area contributed by atoms with Crippen LogP contribution in [0.1, 0.15) is 21.5 Å². The summed E-state index contributed by atoms with van der Waals surface area (Å²) in [5, 5.41) is 16.1. The zero-order valence-electron chi connectivity index (χ0n) is 16.8. The number of hydrogen-bond acceptors (Lipinski definition) is 4. The number of hydrogen-bond donors (Lipinski definition) is 2. The van der Waals surface area contributed by atoms with Gasteiger partial charge in [-0.3, -0.25) is 19.7 Å². The molecule has 0 fully saturated rings. The number of nitro benzene ring substituents is 1. The highest BCUT2D eigenvalue weighted by molar-refractivity contribution is 9.10. The molecule has 0 aliphatic rings. The summed E-state index contributed by atoms with van der Waals surface area (Å²) in [5.41, 5.74) is 1.03. The second-order valence-corrected chi connectivity index (χ2v) is 7.62. The van der Waals surface area contributed by atoms with Crippen molar-refractivity contribution in [2.45, 2.75) is 6.92 Å². The molecule has 3 aromatic rings. The molecule has 2 N–H and O–H groups in total. The van der Waals surface area contributed by atoms with Crippen LogP contribution in [0.3, 0.4) is 0 Å². The summed E-state index contributed by atoms with van der Waals surface area (Å²) in [5.74, 6) is -2.26. The van der Waals surface area contributed by atoms with Gasteiger partial charge in [-0.2, -0.15) is 0 Å². The van der Waals surface area contributed by atoms with Gasteiger partial charge in [0.1, 0.15) is 11.5 Å². The molecule has 0 aliphatic carbocycles. The highest BCUT2D eigenvalue weighted by Crippen LogP contribution is 2.21. The lowest BCUT2D eigenvalue weighted by Gasteiger charge is -2.12. The smallest absolute Gasteiger partial charge is 0.272 e. The molecule has 0 saturated carbocycles. The Labute approximate surface area is 191 Å². The predicted octanol–water partition coefficient (Wildman–Crippen LogP) is 5.21. The highest BCUT2D eigenvalue weighted by atomic mass is 79.9. The molecule has 32 heavy (non-hydrogen) atoms. The number of halogens is 2. The summed E-state index contributed by atoms with van der Waals surface area (Å²) in [4.78, 5) is 36.1. The van der Waals surface area contributed by atoms with E-state index in [4.69, 9.17) is 0 Å². The van der Waals surface area contributed by atoms with Crippen molar-refractivity contribution in [3.63, 3.8) is 0 Å². The number of non-ortho nitro benzene ring substituents is 1. The monoisotopic (exact) mass is 497 g/mol. The molecule has 0 atom stereocenters. The summed E-state index contributed by atoms with van der Waals surface area (Å²) in [7, 11) is 0. The molecule has 0 unspecified atom stereocenters. The number of nitrogens with one attached hydrogen (secondary N) is 2. The molecule has 0 bridgehead atoms. The van der Waals surface area contributed by atoms with Crippen LogP contribution in [0.4, 0.5) is 15.8 Å². The third-order valence-electron chi connectivity index (χ3n) is 4.42. The molecule has 3 rings (SSSR count). The van der Waals surface area contributed by atoms with Gasteiger partial charge in [0.15, 0.2) is 0 Å². The van der Waals surface area contributed by atoms with E-state index in [1.807, 2.05) is 6.92 Å². The molecule has 0 aliphatic heterocycles. The summed E-state index contributed by atoms with van der Waals surface area (Å²) in [6.07, 6.45) is 1.28. The standard InChI is InChI=1S/C23H17BrFN3O4/c1-14-11-16(9-10-19(14)24)26-23(30)21(13-15-5-4-6-17(12-15)28(31)32)27-22(29)18-7-2-3-8-20(18)25/h2-13H,1H3,(H,26,30)(H,27,29). The Morgan fingerprint density at radius 3 is 2.50 bits per heavy atom. The van der Waals surface area contributed by atoms with Gasteiger partial charge in [-0.05, 0) is 54.5 Å². The molecule has 3 aromatic carbocycles. The molecule has 0 aromatic heterocycles. The van der Waals surface area contributed by atoms with Gasteiger partial charge in [-0.15, -0.1) is 0 Å². The number of aryl methyl sites for hydroxylation is 1. The van der Waals surface area contributed by atoms with E-state index in [9.17, 15) is 24.1 Å². The zero-order chi connectivity index (χ0) is 23.3. The largest absolute Gasteiger partial charge is 0.321 e. The average Bonchev–Trinajstić information content (AvgIpc) is 2.76. The van der Waals surface area contributed by atoms with E-state index in [0.717, 1.165) is 16.1 Å². The van der Waals surface area contributed by atoms with Crippen molar-refractivity contribution in [1.29, 1.82) is 0 Å². The fourth-order valence-corrected chi connectivity index (χ4v) is 3.06. The maximum Gasteiger partial charge on any atom is 0.272 e. The van der Waals surface area contributed by atoms with Gasteiger partial charge in [0.2, 0.25) is 0 Å². The van der Waals surface area contributed by atoms with Crippen LogP contribution < -0.4 is 10.6 Å². The van der Waals surface area contributed by atoms with Crippen molar-refractivity contribution in [1.82, 2.24) is 5.32 Å². The van der Waals surface area contributed by atoms with E-state index in [-0.39, 0.29) is 16.9 Å². The van der Waals surface area contributed by atoms with Crippen LogP contribution in [0, 0.1) is 22.9 Å². The van der Waals surface area contributed by atoms with Gasteiger partial charge in [0, 0.05) is 22.3 Å². The molecule has 0 spiro atoms. The normalized spacial score (nSPS) is 11.0. The molecular formula is C23H17BrFN3O4. The Balaban J connectivity index is 1.96. The number of amides is 2. The zero-order valence-corrected chi connectivity index (χ0v) is 18.4. The molecule has 0 heterocycles. The lowest BCUT2D eigenvalue weighted by molar-refractivity contribution is -0.384. The summed E-state index contributed by atoms with van der Waals surface area (Å²) < 4.78 is 14.9. The molecule has 2 amide bonds. The lowest BCUT2D eigenvalue weighted by Crippen LogP contribution is -2.31. The molecule has 0 saturated heterocycles. The first-order chi connectivity index (χ1) is 15.2. The Kier molecular flexibility index (Phi) is 7.11. The molecular weight excluding hydrogens is 481 g/mol. The number of anilines is 1. The third-order valence-corrected chi connectivity index (χ3v) is 5.31. The van der Waals surface area contributed by atoms with Crippen LogP contribution in [-0.2, 0) is 4.79 Å². The fourth-order valence-electron chi connectivity index (χ4n) is 2.81. The first-order valence-corrected chi connectivity index (χ1v) is 10.1. The number of carbonyl (C=O) groups excluding carboxylic acids is 2. The van der Waals surface area contributed by atoms with Crippen LogP contribution in [0.2, 0.25) is 0 Å². The van der Waals surface area contributed by atoms with E-state index in [0.29, 0.717) is 11.3 Å². The lowest BCUT2D eigenvalue weighted by atomic mass is 10.1. The first kappa shape index (κ1) is 22.8. The number of nitro groups is 1.